The van der Waals surface area contributed by atoms with Crippen molar-refractivity contribution in [2.45, 2.75) is 20.3 Å². The third-order valence-corrected chi connectivity index (χ3v) is 4.85. The summed E-state index contributed by atoms with van der Waals surface area (Å²) in [6.07, 6.45) is 0.570. The first kappa shape index (κ1) is 22.4. The number of hydrogen-bond acceptors (Lipinski definition) is 6. The Morgan fingerprint density at radius 1 is 0.935 bits per heavy atom. The lowest BCUT2D eigenvalue weighted by atomic mass is 10.0. The first-order valence-corrected chi connectivity index (χ1v) is 10.4. The minimum atomic E-state index is -0.365. The molecule has 2 amide bonds. The number of nitrogens with zero attached hydrogens (tertiary/aromatic N) is 1. The highest BCUT2D eigenvalue weighted by molar-refractivity contribution is 6.37. The quantitative estimate of drug-likeness (QED) is 0.438. The average molecular weight is 424 g/mol. The van der Waals surface area contributed by atoms with Crippen molar-refractivity contribution in [3.63, 3.8) is 0 Å². The van der Waals surface area contributed by atoms with Crippen LogP contribution in [0, 0.1) is 0 Å². The summed E-state index contributed by atoms with van der Waals surface area (Å²) in [4.78, 5) is 27.8. The maximum Gasteiger partial charge on any atom is 0.278 e. The van der Waals surface area contributed by atoms with Gasteiger partial charge in [-0.3, -0.25) is 14.5 Å². The number of carbonyl (C=O) groups excluding carboxylic acids is 2. The van der Waals surface area contributed by atoms with Gasteiger partial charge in [0, 0.05) is 31.0 Å². The number of anilines is 1. The van der Waals surface area contributed by atoms with Crippen LogP contribution in [-0.4, -0.2) is 50.2 Å². The summed E-state index contributed by atoms with van der Waals surface area (Å²) in [6.45, 7) is 5.76. The van der Waals surface area contributed by atoms with E-state index in [9.17, 15) is 9.59 Å². The Kier molecular flexibility index (Phi) is 7.67. The number of ether oxygens (including phenoxy) is 3. The summed E-state index contributed by atoms with van der Waals surface area (Å²) in [5.41, 5.74) is 1.79. The molecule has 0 saturated carbocycles. The molecule has 0 unspecified atom stereocenters. The topological polar surface area (TPSA) is 77.1 Å². The number of para-hydroxylation sites is 1. The van der Waals surface area contributed by atoms with Crippen LogP contribution in [0.15, 0.2) is 54.2 Å². The van der Waals surface area contributed by atoms with Gasteiger partial charge in [-0.05, 0) is 50.6 Å². The average Bonchev–Trinajstić information content (AvgIpc) is 3.02. The van der Waals surface area contributed by atoms with Gasteiger partial charge in [-0.25, -0.2) is 0 Å². The van der Waals surface area contributed by atoms with Gasteiger partial charge in [-0.2, -0.15) is 0 Å². The lowest BCUT2D eigenvalue weighted by Gasteiger charge is -2.15. The van der Waals surface area contributed by atoms with E-state index in [0.29, 0.717) is 48.8 Å². The van der Waals surface area contributed by atoms with E-state index in [4.69, 9.17) is 14.2 Å². The van der Waals surface area contributed by atoms with Gasteiger partial charge in [0.15, 0.2) is 0 Å². The molecule has 164 valence electrons. The van der Waals surface area contributed by atoms with Crippen LogP contribution in [-0.2, 0) is 14.3 Å². The molecule has 0 fully saturated rings. The number of amides is 2. The number of hydrogen-bond donors (Lipinski definition) is 1. The highest BCUT2D eigenvalue weighted by atomic mass is 16.5. The third kappa shape index (κ3) is 5.06. The van der Waals surface area contributed by atoms with Crippen molar-refractivity contribution in [1.82, 2.24) is 4.90 Å². The minimum Gasteiger partial charge on any atom is -0.496 e. The molecular weight excluding hydrogens is 396 g/mol. The lowest BCUT2D eigenvalue weighted by Crippen LogP contribution is -2.34. The van der Waals surface area contributed by atoms with E-state index < -0.39 is 0 Å². The van der Waals surface area contributed by atoms with Gasteiger partial charge in [0.1, 0.15) is 17.2 Å². The zero-order valence-electron chi connectivity index (χ0n) is 18.1. The van der Waals surface area contributed by atoms with E-state index in [1.54, 1.807) is 19.2 Å². The van der Waals surface area contributed by atoms with Crippen LogP contribution in [0.5, 0.6) is 11.5 Å². The molecule has 0 bridgehead atoms. The molecule has 0 atom stereocenters. The standard InChI is InChI=1S/C24H28N2O5/c1-4-30-16-8-15-26-23(27)21(19-9-6-7-10-20(19)29-3)22(24(26)28)25-17-11-13-18(14-12-17)31-5-2/h6-7,9-14,25H,4-5,8,15-16H2,1-3H3. The maximum absolute atomic E-state index is 13.3. The predicted molar refractivity (Wildman–Crippen MR) is 119 cm³/mol. The van der Waals surface area contributed by atoms with Crippen LogP contribution in [0.3, 0.4) is 0 Å². The Hall–Kier alpha value is -3.32. The number of rotatable bonds is 11. The van der Waals surface area contributed by atoms with Crippen LogP contribution < -0.4 is 14.8 Å². The molecule has 0 aromatic heterocycles. The molecule has 1 N–H and O–H groups in total. The molecule has 0 aliphatic carbocycles. The van der Waals surface area contributed by atoms with Crippen LogP contribution in [0.4, 0.5) is 5.69 Å². The predicted octanol–water partition coefficient (Wildman–Crippen LogP) is 3.71. The zero-order valence-corrected chi connectivity index (χ0v) is 18.1. The SMILES string of the molecule is CCOCCCN1C(=O)C(Nc2ccc(OCC)cc2)=C(c2ccccc2OC)C1=O. The Bertz CT molecular complexity index is 953. The highest BCUT2D eigenvalue weighted by Crippen LogP contribution is 2.35. The van der Waals surface area contributed by atoms with Gasteiger partial charge in [0.2, 0.25) is 0 Å². The lowest BCUT2D eigenvalue weighted by molar-refractivity contribution is -0.137. The Labute approximate surface area is 182 Å². The fraction of sp³-hybridized carbons (Fsp3) is 0.333. The normalized spacial score (nSPS) is 13.7. The molecule has 0 saturated heterocycles. The molecule has 3 rings (SSSR count). The van der Waals surface area contributed by atoms with Gasteiger partial charge in [0.25, 0.3) is 11.8 Å². The minimum absolute atomic E-state index is 0.232. The molecule has 1 aliphatic heterocycles. The molecule has 2 aromatic carbocycles. The summed E-state index contributed by atoms with van der Waals surface area (Å²) < 4.78 is 16.3. The second-order valence-corrected chi connectivity index (χ2v) is 6.85. The molecule has 0 radical (unpaired) electrons. The van der Waals surface area contributed by atoms with Gasteiger partial charge < -0.3 is 19.5 Å². The van der Waals surface area contributed by atoms with Crippen molar-refractivity contribution in [3.05, 3.63) is 59.8 Å². The Balaban J connectivity index is 1.95. The molecule has 1 heterocycles. The molecular formula is C24H28N2O5. The van der Waals surface area contributed by atoms with Gasteiger partial charge in [0.05, 0.1) is 19.3 Å². The Morgan fingerprint density at radius 2 is 1.68 bits per heavy atom. The van der Waals surface area contributed by atoms with E-state index in [0.717, 1.165) is 5.75 Å². The summed E-state index contributed by atoms with van der Waals surface area (Å²) in [5.74, 6) is 0.551. The van der Waals surface area contributed by atoms with E-state index in [-0.39, 0.29) is 24.1 Å². The van der Waals surface area contributed by atoms with Gasteiger partial charge in [-0.1, -0.05) is 18.2 Å². The molecule has 1 aliphatic rings. The number of benzene rings is 2. The fourth-order valence-corrected chi connectivity index (χ4v) is 3.41. The summed E-state index contributed by atoms with van der Waals surface area (Å²) in [6, 6.07) is 14.4. The molecule has 0 spiro atoms. The second kappa shape index (κ2) is 10.6. The van der Waals surface area contributed by atoms with E-state index in [1.165, 1.54) is 4.90 Å². The second-order valence-electron chi connectivity index (χ2n) is 6.85. The van der Waals surface area contributed by atoms with Crippen molar-refractivity contribution >= 4 is 23.1 Å². The summed E-state index contributed by atoms with van der Waals surface area (Å²) in [7, 11) is 1.54. The van der Waals surface area contributed by atoms with Crippen LogP contribution in [0.25, 0.3) is 5.57 Å². The number of carbonyl (C=O) groups is 2. The van der Waals surface area contributed by atoms with E-state index in [2.05, 4.69) is 5.32 Å². The summed E-state index contributed by atoms with van der Waals surface area (Å²) in [5, 5.41) is 3.15. The molecule has 7 heteroatoms. The first-order valence-electron chi connectivity index (χ1n) is 10.4. The monoisotopic (exact) mass is 424 g/mol. The number of nitrogens with one attached hydrogen (secondary N) is 1. The van der Waals surface area contributed by atoms with Gasteiger partial charge in [-0.15, -0.1) is 0 Å². The van der Waals surface area contributed by atoms with Crippen molar-refractivity contribution in [2.75, 3.05) is 38.8 Å². The van der Waals surface area contributed by atoms with Crippen LogP contribution in [0.2, 0.25) is 0 Å². The van der Waals surface area contributed by atoms with Crippen molar-refractivity contribution in [1.29, 1.82) is 0 Å². The van der Waals surface area contributed by atoms with Crippen molar-refractivity contribution < 1.29 is 23.8 Å². The summed E-state index contributed by atoms with van der Waals surface area (Å²) >= 11 is 0. The molecule has 7 nitrogen and oxygen atoms in total. The maximum atomic E-state index is 13.3. The highest BCUT2D eigenvalue weighted by Gasteiger charge is 2.39. The van der Waals surface area contributed by atoms with E-state index in [1.807, 2.05) is 50.2 Å². The molecule has 2 aromatic rings. The van der Waals surface area contributed by atoms with Crippen LogP contribution >= 0.6 is 0 Å². The number of methoxy groups -OCH3 is 1. The zero-order chi connectivity index (χ0) is 22.2. The first-order chi connectivity index (χ1) is 15.1. The van der Waals surface area contributed by atoms with Gasteiger partial charge >= 0.3 is 0 Å². The van der Waals surface area contributed by atoms with Crippen molar-refractivity contribution in [3.8, 4) is 11.5 Å². The third-order valence-electron chi connectivity index (χ3n) is 4.85. The fourth-order valence-electron chi connectivity index (χ4n) is 3.41. The number of imide groups is 1. The van der Waals surface area contributed by atoms with Crippen molar-refractivity contribution in [2.24, 2.45) is 0 Å². The molecule has 31 heavy (non-hydrogen) atoms. The Morgan fingerprint density at radius 3 is 2.35 bits per heavy atom. The van der Waals surface area contributed by atoms with E-state index >= 15 is 0 Å². The van der Waals surface area contributed by atoms with Crippen LogP contribution in [0.1, 0.15) is 25.8 Å². The largest absolute Gasteiger partial charge is 0.496 e. The smallest absolute Gasteiger partial charge is 0.278 e.